The average molecular weight is 218 g/mol. The van der Waals surface area contributed by atoms with E-state index in [1.165, 1.54) is 0 Å². The molecule has 2 atom stereocenters. The predicted molar refractivity (Wildman–Crippen MR) is 65.4 cm³/mol. The fourth-order valence-corrected chi connectivity index (χ4v) is 2.14. The maximum Gasteiger partial charge on any atom is 0.118 e. The summed E-state index contributed by atoms with van der Waals surface area (Å²) in [5, 5.41) is 9.68. The van der Waals surface area contributed by atoms with Crippen molar-refractivity contribution in [2.45, 2.75) is 25.4 Å². The smallest absolute Gasteiger partial charge is 0.118 e. The van der Waals surface area contributed by atoms with Gasteiger partial charge in [0, 0.05) is 5.92 Å². The van der Waals surface area contributed by atoms with Crippen LogP contribution in [0, 0.1) is 5.92 Å². The average Bonchev–Trinajstić information content (AvgIpc) is 2.73. The van der Waals surface area contributed by atoms with Gasteiger partial charge in [0.2, 0.25) is 0 Å². The Hall–Kier alpha value is -1.28. The molecule has 0 spiro atoms. The van der Waals surface area contributed by atoms with Crippen molar-refractivity contribution in [2.24, 2.45) is 5.92 Å². The van der Waals surface area contributed by atoms with E-state index in [9.17, 15) is 5.11 Å². The number of aliphatic hydroxyl groups is 1. The molecule has 1 aromatic rings. The van der Waals surface area contributed by atoms with Crippen LogP contribution in [0.1, 0.15) is 24.8 Å². The van der Waals surface area contributed by atoms with Gasteiger partial charge in [0.05, 0.1) is 13.2 Å². The number of hydrogen-bond acceptors (Lipinski definition) is 2. The summed E-state index contributed by atoms with van der Waals surface area (Å²) < 4.78 is 5.10. The lowest BCUT2D eigenvalue weighted by Gasteiger charge is -2.08. The van der Waals surface area contributed by atoms with Crippen LogP contribution in [0.3, 0.4) is 0 Å². The van der Waals surface area contributed by atoms with Crippen LogP contribution in [0.4, 0.5) is 0 Å². The molecule has 2 heteroatoms. The number of methoxy groups -OCH3 is 1. The highest BCUT2D eigenvalue weighted by molar-refractivity contribution is 5.51. The molecule has 1 aliphatic rings. The molecule has 1 aliphatic carbocycles. The highest BCUT2D eigenvalue weighted by Gasteiger charge is 2.22. The molecule has 2 unspecified atom stereocenters. The molecule has 0 aromatic heterocycles. The molecular weight excluding hydrogens is 200 g/mol. The van der Waals surface area contributed by atoms with Gasteiger partial charge in [0.15, 0.2) is 0 Å². The number of aliphatic hydroxyl groups excluding tert-OH is 1. The van der Waals surface area contributed by atoms with E-state index in [2.05, 4.69) is 12.2 Å². The molecule has 0 radical (unpaired) electrons. The van der Waals surface area contributed by atoms with Gasteiger partial charge in [-0.15, -0.1) is 0 Å². The minimum atomic E-state index is -0.144. The molecule has 1 N–H and O–H groups in total. The summed E-state index contributed by atoms with van der Waals surface area (Å²) in [6, 6.07) is 7.95. The molecule has 1 aromatic carbocycles. The van der Waals surface area contributed by atoms with E-state index in [0.29, 0.717) is 5.92 Å². The molecule has 86 valence electrons. The Morgan fingerprint density at radius 3 is 2.56 bits per heavy atom. The van der Waals surface area contributed by atoms with Crippen molar-refractivity contribution < 1.29 is 9.84 Å². The van der Waals surface area contributed by atoms with Crippen molar-refractivity contribution in [3.05, 3.63) is 35.9 Å². The molecule has 0 bridgehead atoms. The van der Waals surface area contributed by atoms with Crippen LogP contribution in [-0.2, 0) is 0 Å². The minimum absolute atomic E-state index is 0.144. The largest absolute Gasteiger partial charge is 0.497 e. The standard InChI is InChI=1S/C14H18O2/c1-16-13-9-6-11(7-10-13)5-8-12-3-2-4-14(12)15/h5-10,12,14-15H,2-4H2,1H3/b8-5+. The Balaban J connectivity index is 1.99. The molecule has 2 nitrogen and oxygen atoms in total. The third-order valence-electron chi connectivity index (χ3n) is 3.18. The van der Waals surface area contributed by atoms with Crippen molar-refractivity contribution in [1.29, 1.82) is 0 Å². The Kier molecular flexibility index (Phi) is 3.62. The molecule has 0 heterocycles. The zero-order chi connectivity index (χ0) is 11.4. The van der Waals surface area contributed by atoms with Crippen LogP contribution >= 0.6 is 0 Å². The Labute approximate surface area is 96.6 Å². The second-order valence-corrected chi connectivity index (χ2v) is 4.29. The third kappa shape index (κ3) is 2.64. The SMILES string of the molecule is COc1ccc(/C=C/C2CCCC2O)cc1. The van der Waals surface area contributed by atoms with Gasteiger partial charge in [-0.1, -0.05) is 30.7 Å². The maximum atomic E-state index is 9.68. The lowest BCUT2D eigenvalue weighted by Crippen LogP contribution is -2.09. The summed E-state index contributed by atoms with van der Waals surface area (Å²) in [6.45, 7) is 0. The molecule has 1 saturated carbocycles. The van der Waals surface area contributed by atoms with Crippen LogP contribution in [0.5, 0.6) is 5.75 Å². The highest BCUT2D eigenvalue weighted by Crippen LogP contribution is 2.27. The van der Waals surface area contributed by atoms with Crippen LogP contribution < -0.4 is 4.74 Å². The molecule has 0 aliphatic heterocycles. The summed E-state index contributed by atoms with van der Waals surface area (Å²) >= 11 is 0. The molecule has 1 fully saturated rings. The zero-order valence-electron chi connectivity index (χ0n) is 9.60. The van der Waals surface area contributed by atoms with Gasteiger partial charge >= 0.3 is 0 Å². The van der Waals surface area contributed by atoms with E-state index < -0.39 is 0 Å². The maximum absolute atomic E-state index is 9.68. The highest BCUT2D eigenvalue weighted by atomic mass is 16.5. The summed E-state index contributed by atoms with van der Waals surface area (Å²) in [6.07, 6.45) is 7.25. The second-order valence-electron chi connectivity index (χ2n) is 4.29. The fourth-order valence-electron chi connectivity index (χ4n) is 2.14. The van der Waals surface area contributed by atoms with Crippen LogP contribution in [0.2, 0.25) is 0 Å². The van der Waals surface area contributed by atoms with E-state index in [4.69, 9.17) is 4.74 Å². The molecule has 2 rings (SSSR count). The van der Waals surface area contributed by atoms with Crippen molar-refractivity contribution >= 4 is 6.08 Å². The van der Waals surface area contributed by atoms with Gasteiger partial charge in [0.1, 0.15) is 5.75 Å². The van der Waals surface area contributed by atoms with E-state index in [1.807, 2.05) is 24.3 Å². The first kappa shape index (κ1) is 11.2. The molecule has 0 saturated heterocycles. The summed E-state index contributed by atoms with van der Waals surface area (Å²) in [7, 11) is 1.67. The van der Waals surface area contributed by atoms with Crippen molar-refractivity contribution in [2.75, 3.05) is 7.11 Å². The van der Waals surface area contributed by atoms with Gasteiger partial charge < -0.3 is 9.84 Å². The number of hydrogen-bond donors (Lipinski definition) is 1. The lowest BCUT2D eigenvalue weighted by atomic mass is 10.0. The zero-order valence-corrected chi connectivity index (χ0v) is 9.60. The van der Waals surface area contributed by atoms with Gasteiger partial charge in [-0.2, -0.15) is 0 Å². The van der Waals surface area contributed by atoms with Crippen LogP contribution in [0.25, 0.3) is 6.08 Å². The van der Waals surface area contributed by atoms with Crippen LogP contribution in [-0.4, -0.2) is 18.3 Å². The lowest BCUT2D eigenvalue weighted by molar-refractivity contribution is 0.153. The number of ether oxygens (including phenoxy) is 1. The number of benzene rings is 1. The molecular formula is C14H18O2. The van der Waals surface area contributed by atoms with Crippen LogP contribution in [0.15, 0.2) is 30.3 Å². The Morgan fingerprint density at radius 2 is 2.00 bits per heavy atom. The first-order valence-corrected chi connectivity index (χ1v) is 5.80. The normalized spacial score (nSPS) is 25.1. The Bertz CT molecular complexity index is 354. The second kappa shape index (κ2) is 5.17. The van der Waals surface area contributed by atoms with Gasteiger partial charge in [0.25, 0.3) is 0 Å². The predicted octanol–water partition coefficient (Wildman–Crippen LogP) is 2.87. The van der Waals surface area contributed by atoms with E-state index >= 15 is 0 Å². The fraction of sp³-hybridized carbons (Fsp3) is 0.429. The van der Waals surface area contributed by atoms with Gasteiger partial charge in [-0.3, -0.25) is 0 Å². The monoisotopic (exact) mass is 218 g/mol. The van der Waals surface area contributed by atoms with E-state index in [1.54, 1.807) is 7.11 Å². The number of rotatable bonds is 3. The summed E-state index contributed by atoms with van der Waals surface area (Å²) in [5.74, 6) is 1.21. The first-order chi connectivity index (χ1) is 7.79. The van der Waals surface area contributed by atoms with E-state index in [-0.39, 0.29) is 6.10 Å². The third-order valence-corrected chi connectivity index (χ3v) is 3.18. The summed E-state index contributed by atoms with van der Waals surface area (Å²) in [4.78, 5) is 0. The quantitative estimate of drug-likeness (QED) is 0.845. The first-order valence-electron chi connectivity index (χ1n) is 5.80. The minimum Gasteiger partial charge on any atom is -0.497 e. The summed E-state index contributed by atoms with van der Waals surface area (Å²) in [5.41, 5.74) is 1.15. The Morgan fingerprint density at radius 1 is 1.25 bits per heavy atom. The van der Waals surface area contributed by atoms with E-state index in [0.717, 1.165) is 30.6 Å². The van der Waals surface area contributed by atoms with Gasteiger partial charge in [-0.05, 0) is 30.5 Å². The topological polar surface area (TPSA) is 29.5 Å². The van der Waals surface area contributed by atoms with Crippen molar-refractivity contribution in [1.82, 2.24) is 0 Å². The van der Waals surface area contributed by atoms with Crippen molar-refractivity contribution in [3.63, 3.8) is 0 Å². The molecule has 16 heavy (non-hydrogen) atoms. The molecule has 0 amide bonds. The van der Waals surface area contributed by atoms with Gasteiger partial charge in [-0.25, -0.2) is 0 Å². The van der Waals surface area contributed by atoms with Crippen molar-refractivity contribution in [3.8, 4) is 5.75 Å².